The van der Waals surface area contributed by atoms with Crippen LogP contribution < -0.4 is 15.4 Å². The van der Waals surface area contributed by atoms with Crippen molar-refractivity contribution in [2.24, 2.45) is 11.7 Å². The van der Waals surface area contributed by atoms with E-state index in [1.54, 1.807) is 0 Å². The Morgan fingerprint density at radius 2 is 1.95 bits per heavy atom. The molecule has 1 saturated carbocycles. The molecule has 0 amide bonds. The highest BCUT2D eigenvalue weighted by atomic mass is 16.5. The Morgan fingerprint density at radius 3 is 2.71 bits per heavy atom. The molecule has 1 aromatic rings. The second-order valence-electron chi connectivity index (χ2n) is 6.85. The summed E-state index contributed by atoms with van der Waals surface area (Å²) in [4.78, 5) is 2.39. The number of nitrogens with zero attached hydrogens (tertiary/aromatic N) is 1. The summed E-state index contributed by atoms with van der Waals surface area (Å²) in [6.07, 6.45) is 7.72. The Bertz CT molecular complexity index is 454. The van der Waals surface area contributed by atoms with Crippen molar-refractivity contribution in [3.8, 4) is 5.75 Å². The molecule has 116 valence electrons. The van der Waals surface area contributed by atoms with Crippen molar-refractivity contribution in [1.29, 1.82) is 0 Å². The molecule has 0 spiro atoms. The third kappa shape index (κ3) is 3.91. The fourth-order valence-electron chi connectivity index (χ4n) is 3.54. The second kappa shape index (κ2) is 6.69. The molecule has 1 heterocycles. The Hall–Kier alpha value is -1.22. The zero-order chi connectivity index (χ0) is 14.7. The maximum Gasteiger partial charge on any atom is 0.121 e. The predicted molar refractivity (Wildman–Crippen MR) is 87.9 cm³/mol. The third-order valence-electron chi connectivity index (χ3n) is 4.91. The maximum atomic E-state index is 6.20. The van der Waals surface area contributed by atoms with Crippen LogP contribution in [0.5, 0.6) is 5.75 Å². The minimum atomic E-state index is 0.308. The second-order valence-corrected chi connectivity index (χ2v) is 6.85. The first-order valence-corrected chi connectivity index (χ1v) is 8.48. The van der Waals surface area contributed by atoms with E-state index >= 15 is 0 Å². The Labute approximate surface area is 128 Å². The van der Waals surface area contributed by atoms with Gasteiger partial charge >= 0.3 is 0 Å². The average molecular weight is 288 g/mol. The van der Waals surface area contributed by atoms with Crippen molar-refractivity contribution < 1.29 is 4.74 Å². The summed E-state index contributed by atoms with van der Waals surface area (Å²) in [5.74, 6) is 1.89. The number of hydrogen-bond acceptors (Lipinski definition) is 3. The number of ether oxygens (including phenoxy) is 1. The smallest absolute Gasteiger partial charge is 0.121 e. The molecule has 0 bridgehead atoms. The lowest BCUT2D eigenvalue weighted by Gasteiger charge is -2.33. The van der Waals surface area contributed by atoms with Crippen LogP contribution in [0.4, 0.5) is 5.69 Å². The van der Waals surface area contributed by atoms with E-state index in [0.29, 0.717) is 12.1 Å². The van der Waals surface area contributed by atoms with Gasteiger partial charge in [0.25, 0.3) is 0 Å². The lowest BCUT2D eigenvalue weighted by molar-refractivity contribution is 0.135. The topological polar surface area (TPSA) is 38.5 Å². The van der Waals surface area contributed by atoms with E-state index in [1.165, 1.54) is 37.8 Å². The minimum Gasteiger partial charge on any atom is -0.490 e. The molecule has 0 aromatic heterocycles. The van der Waals surface area contributed by atoms with E-state index in [4.69, 9.17) is 10.5 Å². The molecule has 1 saturated heterocycles. The van der Waals surface area contributed by atoms with Gasteiger partial charge in [-0.05, 0) is 56.6 Å². The summed E-state index contributed by atoms with van der Waals surface area (Å²) in [6.45, 7) is 4.42. The van der Waals surface area contributed by atoms with Gasteiger partial charge in [-0.2, -0.15) is 0 Å². The summed E-state index contributed by atoms with van der Waals surface area (Å²) in [5, 5.41) is 0. The zero-order valence-electron chi connectivity index (χ0n) is 13.1. The standard InChI is InChI=1S/C18H28N2O/c1-14-7-9-17(10-8-14)21-18-6-2-5-16(12-18)20-11-3-4-15(19)13-20/h2,5-6,12,14-15,17H,3-4,7-11,13,19H2,1H3. The van der Waals surface area contributed by atoms with Crippen molar-refractivity contribution in [1.82, 2.24) is 0 Å². The SMILES string of the molecule is CC1CCC(Oc2cccc(N3CCCC(N)C3)c2)CC1. The van der Waals surface area contributed by atoms with E-state index in [-0.39, 0.29) is 0 Å². The number of piperidine rings is 1. The normalized spacial score (nSPS) is 30.2. The molecule has 1 atom stereocenters. The molecule has 1 aliphatic carbocycles. The van der Waals surface area contributed by atoms with Crippen LogP contribution in [0.2, 0.25) is 0 Å². The molecule has 2 fully saturated rings. The van der Waals surface area contributed by atoms with Crippen LogP contribution in [0.1, 0.15) is 45.4 Å². The van der Waals surface area contributed by atoms with Crippen molar-refractivity contribution in [2.45, 2.75) is 57.6 Å². The largest absolute Gasteiger partial charge is 0.490 e. The predicted octanol–water partition coefficient (Wildman–Crippen LogP) is 3.57. The van der Waals surface area contributed by atoms with Crippen molar-refractivity contribution in [3.63, 3.8) is 0 Å². The lowest BCUT2D eigenvalue weighted by Crippen LogP contribution is -2.42. The van der Waals surface area contributed by atoms with Crippen LogP contribution in [0.25, 0.3) is 0 Å². The van der Waals surface area contributed by atoms with Gasteiger partial charge in [0.2, 0.25) is 0 Å². The van der Waals surface area contributed by atoms with Gasteiger partial charge in [-0.15, -0.1) is 0 Å². The van der Waals surface area contributed by atoms with Gasteiger partial charge in [-0.25, -0.2) is 0 Å². The van der Waals surface area contributed by atoms with Gasteiger partial charge in [-0.1, -0.05) is 13.0 Å². The van der Waals surface area contributed by atoms with Gasteiger partial charge in [-0.3, -0.25) is 0 Å². The van der Waals surface area contributed by atoms with Crippen LogP contribution in [-0.4, -0.2) is 25.2 Å². The molecule has 1 aromatic carbocycles. The molecule has 3 nitrogen and oxygen atoms in total. The van der Waals surface area contributed by atoms with Gasteiger partial charge in [0.1, 0.15) is 5.75 Å². The zero-order valence-corrected chi connectivity index (χ0v) is 13.1. The first-order chi connectivity index (χ1) is 10.2. The number of hydrogen-bond donors (Lipinski definition) is 1. The molecule has 3 rings (SSSR count). The molecule has 1 unspecified atom stereocenters. The van der Waals surface area contributed by atoms with Crippen LogP contribution >= 0.6 is 0 Å². The maximum absolute atomic E-state index is 6.20. The number of nitrogens with two attached hydrogens (primary N) is 1. The Morgan fingerprint density at radius 1 is 1.14 bits per heavy atom. The first-order valence-electron chi connectivity index (χ1n) is 8.48. The number of anilines is 1. The van der Waals surface area contributed by atoms with Crippen molar-refractivity contribution in [3.05, 3.63) is 24.3 Å². The van der Waals surface area contributed by atoms with Crippen molar-refractivity contribution >= 4 is 5.69 Å². The van der Waals surface area contributed by atoms with Crippen LogP contribution in [0.15, 0.2) is 24.3 Å². The van der Waals surface area contributed by atoms with Crippen LogP contribution in [0, 0.1) is 5.92 Å². The third-order valence-corrected chi connectivity index (χ3v) is 4.91. The monoisotopic (exact) mass is 288 g/mol. The molecule has 2 aliphatic rings. The van der Waals surface area contributed by atoms with E-state index < -0.39 is 0 Å². The molecule has 1 aliphatic heterocycles. The number of benzene rings is 1. The first kappa shape index (κ1) is 14.7. The van der Waals surface area contributed by atoms with Crippen LogP contribution in [-0.2, 0) is 0 Å². The quantitative estimate of drug-likeness (QED) is 0.924. The summed E-state index contributed by atoms with van der Waals surface area (Å²) in [5.41, 5.74) is 7.35. The van der Waals surface area contributed by atoms with E-state index in [2.05, 4.69) is 36.1 Å². The van der Waals surface area contributed by atoms with E-state index in [0.717, 1.165) is 31.2 Å². The lowest BCUT2D eigenvalue weighted by atomic mass is 9.89. The molecule has 3 heteroatoms. The van der Waals surface area contributed by atoms with Gasteiger partial charge in [0, 0.05) is 30.9 Å². The molecular weight excluding hydrogens is 260 g/mol. The highest BCUT2D eigenvalue weighted by molar-refractivity contribution is 5.51. The fourth-order valence-corrected chi connectivity index (χ4v) is 3.54. The van der Waals surface area contributed by atoms with Gasteiger partial charge < -0.3 is 15.4 Å². The Kier molecular flexibility index (Phi) is 4.69. The van der Waals surface area contributed by atoms with Gasteiger partial charge in [0.05, 0.1) is 6.10 Å². The highest BCUT2D eigenvalue weighted by Crippen LogP contribution is 2.29. The fraction of sp³-hybridized carbons (Fsp3) is 0.667. The summed E-state index contributed by atoms with van der Waals surface area (Å²) in [7, 11) is 0. The minimum absolute atomic E-state index is 0.308. The van der Waals surface area contributed by atoms with E-state index in [1.807, 2.05) is 0 Å². The average Bonchev–Trinajstić information content (AvgIpc) is 2.50. The van der Waals surface area contributed by atoms with Crippen molar-refractivity contribution in [2.75, 3.05) is 18.0 Å². The molecule has 2 N–H and O–H groups in total. The van der Waals surface area contributed by atoms with E-state index in [9.17, 15) is 0 Å². The van der Waals surface area contributed by atoms with Crippen LogP contribution in [0.3, 0.4) is 0 Å². The highest BCUT2D eigenvalue weighted by Gasteiger charge is 2.20. The Balaban J connectivity index is 1.63. The molecule has 0 radical (unpaired) electrons. The number of rotatable bonds is 3. The van der Waals surface area contributed by atoms with Gasteiger partial charge in [0.15, 0.2) is 0 Å². The molecule has 21 heavy (non-hydrogen) atoms. The molecular formula is C18H28N2O. The summed E-state index contributed by atoms with van der Waals surface area (Å²) < 4.78 is 6.20. The summed E-state index contributed by atoms with van der Waals surface area (Å²) in [6, 6.07) is 8.87. The summed E-state index contributed by atoms with van der Waals surface area (Å²) >= 11 is 0.